The zero-order valence-electron chi connectivity index (χ0n) is 8.71. The number of nitrogens with zero attached hydrogens (tertiary/aromatic N) is 2. The summed E-state index contributed by atoms with van der Waals surface area (Å²) in [5.41, 5.74) is 2.07. The Balaban J connectivity index is 2.10. The summed E-state index contributed by atoms with van der Waals surface area (Å²) in [5.74, 6) is -1.31. The predicted octanol–water partition coefficient (Wildman–Crippen LogP) is 0.490. The molecule has 2 aromatic rings. The number of carboxylic acids is 1. The summed E-state index contributed by atoms with van der Waals surface area (Å²) >= 11 is -0.149. The topological polar surface area (TPSA) is 92.2 Å². The number of hydrogen-bond acceptors (Lipinski definition) is 4. The van der Waals surface area contributed by atoms with E-state index < -0.39 is 5.97 Å². The zero-order chi connectivity index (χ0) is 12.3. The first-order chi connectivity index (χ1) is 8.16. The maximum atomic E-state index is 11.5. The van der Waals surface area contributed by atoms with Crippen molar-refractivity contribution in [3.8, 4) is 0 Å². The number of amides is 1. The molecular formula is C10H9N3O3Se. The Hall–Kier alpha value is -1.72. The number of aliphatic carboxylic acids is 1. The molecule has 2 N–H and O–H groups in total. The molecule has 0 aliphatic rings. The second-order valence-corrected chi connectivity index (χ2v) is 4.49. The maximum absolute atomic E-state index is 11.5. The Bertz CT molecular complexity index is 567. The van der Waals surface area contributed by atoms with Gasteiger partial charge in [0.2, 0.25) is 0 Å². The van der Waals surface area contributed by atoms with Crippen molar-refractivity contribution >= 4 is 43.6 Å². The van der Waals surface area contributed by atoms with Gasteiger partial charge in [0.05, 0.1) is 0 Å². The first kappa shape index (κ1) is 11.8. The van der Waals surface area contributed by atoms with Crippen LogP contribution in [-0.4, -0.2) is 39.9 Å². The van der Waals surface area contributed by atoms with Crippen LogP contribution in [0.3, 0.4) is 0 Å². The Morgan fingerprint density at radius 1 is 1.29 bits per heavy atom. The molecule has 0 unspecified atom stereocenters. The van der Waals surface area contributed by atoms with Crippen LogP contribution in [0, 0.1) is 0 Å². The average molecular weight is 298 g/mol. The number of carboxylic acid groups (broad SMARTS) is 1. The van der Waals surface area contributed by atoms with E-state index in [1.54, 1.807) is 12.1 Å². The molecule has 1 heterocycles. The van der Waals surface area contributed by atoms with E-state index in [-0.39, 0.29) is 33.7 Å². The molecule has 0 spiro atoms. The van der Waals surface area contributed by atoms with Gasteiger partial charge in [0.15, 0.2) is 0 Å². The van der Waals surface area contributed by atoms with Crippen molar-refractivity contribution in [1.82, 2.24) is 7.96 Å². The van der Waals surface area contributed by atoms with Crippen molar-refractivity contribution in [1.29, 1.82) is 0 Å². The Morgan fingerprint density at radius 3 is 2.88 bits per heavy atom. The molecule has 0 fully saturated rings. The van der Waals surface area contributed by atoms with Gasteiger partial charge in [-0.05, 0) is 0 Å². The minimum atomic E-state index is -0.985. The quantitative estimate of drug-likeness (QED) is 0.801. The van der Waals surface area contributed by atoms with Crippen LogP contribution in [0.2, 0.25) is 0 Å². The van der Waals surface area contributed by atoms with Gasteiger partial charge in [-0.2, -0.15) is 0 Å². The molecule has 88 valence electrons. The molecule has 0 atom stereocenters. The van der Waals surface area contributed by atoms with Gasteiger partial charge in [-0.1, -0.05) is 0 Å². The van der Waals surface area contributed by atoms with Gasteiger partial charge in [0.1, 0.15) is 0 Å². The molecule has 0 radical (unpaired) electrons. The molecule has 0 aliphatic carbocycles. The number of carbonyl (C=O) groups is 2. The molecule has 0 saturated carbocycles. The van der Waals surface area contributed by atoms with Gasteiger partial charge in [0.25, 0.3) is 0 Å². The van der Waals surface area contributed by atoms with Crippen LogP contribution in [0.4, 0.5) is 5.69 Å². The number of rotatable bonds is 4. The van der Waals surface area contributed by atoms with E-state index >= 15 is 0 Å². The van der Waals surface area contributed by atoms with Gasteiger partial charge in [-0.3, -0.25) is 0 Å². The van der Waals surface area contributed by atoms with Crippen LogP contribution < -0.4 is 5.32 Å². The predicted molar refractivity (Wildman–Crippen MR) is 62.0 cm³/mol. The molecule has 2 rings (SSSR count). The Morgan fingerprint density at radius 2 is 2.12 bits per heavy atom. The fraction of sp³-hybridized carbons (Fsp3) is 0.200. The van der Waals surface area contributed by atoms with Crippen LogP contribution in [0.15, 0.2) is 18.2 Å². The first-order valence-corrected chi connectivity index (χ1v) is 6.43. The van der Waals surface area contributed by atoms with Gasteiger partial charge < -0.3 is 0 Å². The summed E-state index contributed by atoms with van der Waals surface area (Å²) < 4.78 is 8.40. The van der Waals surface area contributed by atoms with Crippen LogP contribution in [-0.2, 0) is 9.59 Å². The third kappa shape index (κ3) is 2.89. The van der Waals surface area contributed by atoms with Crippen molar-refractivity contribution in [3.63, 3.8) is 0 Å². The van der Waals surface area contributed by atoms with Crippen LogP contribution in [0.25, 0.3) is 11.0 Å². The summed E-state index contributed by atoms with van der Waals surface area (Å²) in [4.78, 5) is 21.8. The Labute approximate surface area is 103 Å². The van der Waals surface area contributed by atoms with E-state index in [9.17, 15) is 9.59 Å². The number of anilines is 1. The second-order valence-electron chi connectivity index (χ2n) is 3.38. The molecule has 1 amide bonds. The van der Waals surface area contributed by atoms with Crippen molar-refractivity contribution in [2.24, 2.45) is 0 Å². The third-order valence-corrected chi connectivity index (χ3v) is 3.26. The van der Waals surface area contributed by atoms with Crippen LogP contribution >= 0.6 is 0 Å². The summed E-state index contributed by atoms with van der Waals surface area (Å²) in [6.07, 6.45) is -0.215. The van der Waals surface area contributed by atoms with Crippen LogP contribution in [0.1, 0.15) is 12.8 Å². The summed E-state index contributed by atoms with van der Waals surface area (Å²) in [6, 6.07) is 5.35. The fourth-order valence-electron chi connectivity index (χ4n) is 1.34. The van der Waals surface area contributed by atoms with Crippen molar-refractivity contribution in [2.75, 3.05) is 5.32 Å². The number of fused-ring (bicyclic) bond motifs is 1. The first-order valence-electron chi connectivity index (χ1n) is 4.90. The molecule has 1 aromatic heterocycles. The molecule has 17 heavy (non-hydrogen) atoms. The average Bonchev–Trinajstić information content (AvgIpc) is 2.75. The summed E-state index contributed by atoms with van der Waals surface area (Å²) in [7, 11) is 0. The SMILES string of the molecule is O=C(O)CCC(=O)Nc1cccc2n[se]nc12. The standard InChI is InChI=1S/C10H9N3O3Se/c14-8(4-5-9(15)16)11-6-2-1-3-7-10(6)13-17-12-7/h1-3H,4-5H2,(H,11,14)(H,15,16). The van der Waals surface area contributed by atoms with Gasteiger partial charge in [-0.25, -0.2) is 0 Å². The number of carbonyl (C=O) groups excluding carboxylic acids is 1. The molecule has 0 aliphatic heterocycles. The Kier molecular flexibility index (Phi) is 3.51. The van der Waals surface area contributed by atoms with E-state index in [1.807, 2.05) is 6.07 Å². The molecule has 7 heteroatoms. The van der Waals surface area contributed by atoms with Gasteiger partial charge >= 0.3 is 103 Å². The summed E-state index contributed by atoms with van der Waals surface area (Å²) in [5, 5.41) is 11.1. The zero-order valence-corrected chi connectivity index (χ0v) is 10.4. The van der Waals surface area contributed by atoms with E-state index in [0.717, 1.165) is 5.52 Å². The van der Waals surface area contributed by atoms with Crippen molar-refractivity contribution in [2.45, 2.75) is 12.8 Å². The van der Waals surface area contributed by atoms with Crippen molar-refractivity contribution in [3.05, 3.63) is 18.2 Å². The molecule has 6 nitrogen and oxygen atoms in total. The third-order valence-electron chi connectivity index (χ3n) is 2.13. The van der Waals surface area contributed by atoms with E-state index in [4.69, 9.17) is 5.11 Å². The van der Waals surface area contributed by atoms with Crippen molar-refractivity contribution < 1.29 is 14.7 Å². The summed E-state index contributed by atoms with van der Waals surface area (Å²) in [6.45, 7) is 0. The number of nitrogens with one attached hydrogen (secondary N) is 1. The fourth-order valence-corrected chi connectivity index (χ4v) is 2.49. The number of aromatic nitrogens is 2. The molecule has 1 aromatic carbocycles. The number of benzene rings is 1. The second kappa shape index (κ2) is 5.07. The molecular weight excluding hydrogens is 289 g/mol. The molecule has 0 saturated heterocycles. The van der Waals surface area contributed by atoms with Gasteiger partial charge in [-0.15, -0.1) is 0 Å². The van der Waals surface area contributed by atoms with E-state index in [2.05, 4.69) is 13.3 Å². The normalized spacial score (nSPS) is 10.4. The van der Waals surface area contributed by atoms with Gasteiger partial charge in [0, 0.05) is 0 Å². The van der Waals surface area contributed by atoms with E-state index in [0.29, 0.717) is 11.2 Å². The monoisotopic (exact) mass is 299 g/mol. The minimum absolute atomic E-state index is 0.0404. The number of hydrogen-bond donors (Lipinski definition) is 2. The van der Waals surface area contributed by atoms with E-state index in [1.165, 1.54) is 0 Å². The van der Waals surface area contributed by atoms with Crippen LogP contribution in [0.5, 0.6) is 0 Å². The molecule has 0 bridgehead atoms.